The second-order valence-electron chi connectivity index (χ2n) is 24.8. The maximum Gasteiger partial charge on any atom is 3.00 e. The van der Waals surface area contributed by atoms with Gasteiger partial charge >= 0.3 is 40.2 Å². The maximum absolute atomic E-state index is 5.13. The van der Waals surface area contributed by atoms with Crippen LogP contribution in [0.25, 0.3) is 179 Å². The van der Waals surface area contributed by atoms with Crippen LogP contribution in [0.4, 0.5) is 0 Å². The molecule has 0 amide bonds. The summed E-state index contributed by atoms with van der Waals surface area (Å²) in [6, 6.07) is 130. The van der Waals surface area contributed by atoms with Crippen LogP contribution in [0.5, 0.6) is 0 Å². The van der Waals surface area contributed by atoms with Crippen molar-refractivity contribution >= 4 is 0 Å². The first-order valence-corrected chi connectivity index (χ1v) is 33.8. The van der Waals surface area contributed by atoms with Crippen molar-refractivity contribution in [2.45, 2.75) is 0 Å². The van der Waals surface area contributed by atoms with Crippen molar-refractivity contribution in [2.75, 3.05) is 0 Å². The molecule has 0 radical (unpaired) electrons. The first kappa shape index (κ1) is 67.4. The van der Waals surface area contributed by atoms with Crippen molar-refractivity contribution in [3.63, 3.8) is 0 Å². The molecule has 17 aromatic rings. The smallest absolute Gasteiger partial charge is 0.332 e. The molecule has 490 valence electrons. The molecule has 0 N–H and O–H groups in total. The van der Waals surface area contributed by atoms with Crippen LogP contribution in [0.2, 0.25) is 0 Å². The summed E-state index contributed by atoms with van der Waals surface area (Å²) in [5.74, 6) is 0.524. The van der Waals surface area contributed by atoms with Gasteiger partial charge in [0.2, 0.25) is 0 Å². The fourth-order valence-electron chi connectivity index (χ4n) is 13.6. The van der Waals surface area contributed by atoms with E-state index >= 15 is 0 Å². The molecule has 0 fully saturated rings. The zero-order valence-corrected chi connectivity index (χ0v) is 60.6. The third-order valence-corrected chi connectivity index (χ3v) is 18.6. The van der Waals surface area contributed by atoms with Crippen molar-refractivity contribution in [2.24, 2.45) is 0 Å². The molecular formula is C96H58Ir2N6. The van der Waals surface area contributed by atoms with E-state index in [-0.39, 0.29) is 40.2 Å². The number of pyridine rings is 4. The van der Waals surface area contributed by atoms with Gasteiger partial charge in [-0.15, -0.1) is 144 Å². The number of hydrogen-bond donors (Lipinski definition) is 0. The van der Waals surface area contributed by atoms with Gasteiger partial charge in [0.05, 0.1) is 0 Å². The third kappa shape index (κ3) is 14.1. The van der Waals surface area contributed by atoms with Gasteiger partial charge in [-0.25, -0.2) is 23.8 Å². The van der Waals surface area contributed by atoms with Gasteiger partial charge in [0.1, 0.15) is 0 Å². The summed E-state index contributed by atoms with van der Waals surface area (Å²) in [4.78, 5) is 30.4. The molecule has 6 nitrogen and oxygen atoms in total. The molecule has 8 heteroatoms. The van der Waals surface area contributed by atoms with Crippen molar-refractivity contribution in [1.82, 2.24) is 29.9 Å². The fourth-order valence-corrected chi connectivity index (χ4v) is 13.6. The molecule has 104 heavy (non-hydrogen) atoms. The Labute approximate surface area is 633 Å². The number of nitrogens with zero attached hydrogens (tertiary/aromatic N) is 6. The van der Waals surface area contributed by atoms with Gasteiger partial charge in [0.15, 0.2) is 0 Å². The Hall–Kier alpha value is -12.4. The Kier molecular flexibility index (Phi) is 20.0. The number of rotatable bonds is 16. The SMILES string of the molecule is [Ir+3].[Ir+3].[c-]1ccc[c-]c1-c1ncc(-c2c(-c3cc(-c4ccccc4-c4ccc(-c5[c-]cccc5)nc4)cc(-c4ccccc4-c4ccc(-c5[c-]cccc5)nc4)c3)cccc2-c2cc(-c3ccccc3-c3ccc(-c4[c-]cccc4)nc3)cc(-c3ccccc3-c3ccc(-c4[c-]cccc4)nc3)c2)cn1. The van der Waals surface area contributed by atoms with Crippen LogP contribution in [0.3, 0.4) is 0 Å². The van der Waals surface area contributed by atoms with Crippen molar-refractivity contribution < 1.29 is 40.2 Å². The van der Waals surface area contributed by atoms with Gasteiger partial charge in [-0.2, -0.15) is 0 Å². The number of benzene rings is 12. The minimum absolute atomic E-state index is 0. The molecule has 5 heterocycles. The van der Waals surface area contributed by atoms with Crippen LogP contribution in [-0.2, 0) is 40.2 Å². The van der Waals surface area contributed by atoms with Gasteiger partial charge < -0.3 is 29.9 Å². The van der Waals surface area contributed by atoms with Crippen LogP contribution in [0.1, 0.15) is 0 Å². The van der Waals surface area contributed by atoms with E-state index in [2.05, 4.69) is 237 Å². The van der Waals surface area contributed by atoms with E-state index < -0.39 is 0 Å². The van der Waals surface area contributed by atoms with Gasteiger partial charge in [-0.05, 0) is 176 Å². The molecule has 0 saturated carbocycles. The van der Waals surface area contributed by atoms with Crippen LogP contribution in [0, 0.1) is 36.4 Å². The molecule has 0 saturated heterocycles. The van der Waals surface area contributed by atoms with Gasteiger partial charge in [-0.3, -0.25) is 12.1 Å². The summed E-state index contributed by atoms with van der Waals surface area (Å²) in [6.45, 7) is 0. The summed E-state index contributed by atoms with van der Waals surface area (Å²) in [6.07, 6.45) is 11.8. The largest absolute Gasteiger partial charge is 3.00 e. The Morgan fingerprint density at radius 2 is 0.423 bits per heavy atom. The molecule has 17 rings (SSSR count). The van der Waals surface area contributed by atoms with Crippen molar-refractivity contribution in [3.8, 4) is 179 Å². The number of aromatic nitrogens is 6. The predicted molar refractivity (Wildman–Crippen MR) is 413 cm³/mol. The van der Waals surface area contributed by atoms with Crippen molar-refractivity contribution in [3.05, 3.63) is 389 Å². The Morgan fingerprint density at radius 3 is 0.683 bits per heavy atom. The number of hydrogen-bond acceptors (Lipinski definition) is 6. The van der Waals surface area contributed by atoms with E-state index in [0.29, 0.717) is 11.4 Å². The van der Waals surface area contributed by atoms with E-state index in [4.69, 9.17) is 29.9 Å². The molecule has 0 aliphatic rings. The molecule has 0 unspecified atom stereocenters. The van der Waals surface area contributed by atoms with E-state index in [0.717, 1.165) is 167 Å². The van der Waals surface area contributed by atoms with Gasteiger partial charge in [0, 0.05) is 48.3 Å². The first-order valence-electron chi connectivity index (χ1n) is 33.8. The zero-order chi connectivity index (χ0) is 68.0. The van der Waals surface area contributed by atoms with Crippen LogP contribution >= 0.6 is 0 Å². The van der Waals surface area contributed by atoms with Crippen molar-refractivity contribution in [1.29, 1.82) is 0 Å². The van der Waals surface area contributed by atoms with E-state index in [1.165, 1.54) is 0 Å². The molecular weight excluding hydrogens is 1620 g/mol. The average molecular weight is 1680 g/mol. The molecule has 0 aliphatic heterocycles. The van der Waals surface area contributed by atoms with Crippen LogP contribution in [0.15, 0.2) is 353 Å². The van der Waals surface area contributed by atoms with Gasteiger partial charge in [0.25, 0.3) is 0 Å². The normalized spacial score (nSPS) is 10.9. The average Bonchev–Trinajstić information content (AvgIpc) is 0.758. The molecule has 12 aromatic carbocycles. The molecule has 0 aliphatic carbocycles. The minimum atomic E-state index is 0. The first-order chi connectivity index (χ1) is 50.6. The van der Waals surface area contributed by atoms with Crippen LogP contribution < -0.4 is 0 Å². The van der Waals surface area contributed by atoms with Crippen LogP contribution in [-0.4, -0.2) is 29.9 Å². The molecule has 0 atom stereocenters. The topological polar surface area (TPSA) is 77.3 Å². The Balaban J connectivity index is 0.00000435. The van der Waals surface area contributed by atoms with E-state index in [1.807, 2.05) is 152 Å². The Bertz CT molecular complexity index is 5200. The quantitative estimate of drug-likeness (QED) is 0.0897. The second-order valence-corrected chi connectivity index (χ2v) is 24.8. The zero-order valence-electron chi connectivity index (χ0n) is 55.8. The summed E-state index contributed by atoms with van der Waals surface area (Å²) in [7, 11) is 0. The summed E-state index contributed by atoms with van der Waals surface area (Å²) in [5, 5.41) is 0. The fraction of sp³-hybridized carbons (Fsp3) is 0. The van der Waals surface area contributed by atoms with E-state index in [9.17, 15) is 0 Å². The summed E-state index contributed by atoms with van der Waals surface area (Å²) < 4.78 is 0. The monoisotopic (exact) mass is 1680 g/mol. The minimum Gasteiger partial charge on any atom is -0.332 e. The Morgan fingerprint density at radius 1 is 0.183 bits per heavy atom. The maximum atomic E-state index is 5.13. The van der Waals surface area contributed by atoms with E-state index in [1.54, 1.807) is 0 Å². The molecule has 0 spiro atoms. The third-order valence-electron chi connectivity index (χ3n) is 18.6. The predicted octanol–water partition coefficient (Wildman–Crippen LogP) is 23.5. The molecule has 5 aromatic heterocycles. The molecule has 0 bridgehead atoms. The summed E-state index contributed by atoms with van der Waals surface area (Å²) in [5.41, 5.74) is 30.0. The standard InChI is InChI=1S/C96H58N6.2Ir/c1-6-25-65(26-7-1)91-49-45-70(59-97-91)81-35-16-20-39-85(81)74-53-75(86-40-21-17-36-82(86)71-46-50-92(98-60-71)66-27-8-2-9-28-66)56-78(55-74)89-43-24-44-90(95(89)80-63-101-96(102-64-80)69-33-14-5-15-34-69)79-57-76(87-41-22-18-37-83(87)72-47-51-93(99-61-72)67-29-10-3-11-30-67)54-77(58-79)88-42-23-19-38-84(88)73-48-52-94(100-62-73)68-31-12-4-13-32-68;;/h1-25,27,29,31,35-64H;;/q-6;2*+3. The summed E-state index contributed by atoms with van der Waals surface area (Å²) >= 11 is 0. The van der Waals surface area contributed by atoms with Gasteiger partial charge in [-0.1, -0.05) is 164 Å². The second kappa shape index (κ2) is 30.8.